The topological polar surface area (TPSA) is 64.4 Å². The van der Waals surface area contributed by atoms with E-state index in [4.69, 9.17) is 10.5 Å². The van der Waals surface area contributed by atoms with E-state index in [-0.39, 0.29) is 11.9 Å². The fourth-order valence-corrected chi connectivity index (χ4v) is 3.11. The van der Waals surface area contributed by atoms with Crippen LogP contribution in [0.25, 0.3) is 0 Å². The summed E-state index contributed by atoms with van der Waals surface area (Å²) < 4.78 is 5.72. The second-order valence-electron chi connectivity index (χ2n) is 5.14. The Labute approximate surface area is 96.9 Å². The molecule has 1 saturated heterocycles. The van der Waals surface area contributed by atoms with E-state index < -0.39 is 0 Å². The van der Waals surface area contributed by atoms with Gasteiger partial charge in [0.1, 0.15) is 0 Å². The molecule has 2 fully saturated rings. The number of primary amides is 1. The Hall–Kier alpha value is -0.610. The first kappa shape index (κ1) is 11.9. The molecule has 4 unspecified atom stereocenters. The van der Waals surface area contributed by atoms with Gasteiger partial charge in [0.2, 0.25) is 5.91 Å². The molecule has 4 heteroatoms. The molecule has 3 N–H and O–H groups in total. The van der Waals surface area contributed by atoms with E-state index in [2.05, 4.69) is 5.32 Å². The number of hydrogen-bond donors (Lipinski definition) is 2. The zero-order valence-electron chi connectivity index (χ0n) is 9.95. The Bertz CT molecular complexity index is 257. The van der Waals surface area contributed by atoms with Crippen LogP contribution < -0.4 is 11.1 Å². The predicted molar refractivity (Wildman–Crippen MR) is 61.9 cm³/mol. The average Bonchev–Trinajstić information content (AvgIpc) is 2.65. The summed E-state index contributed by atoms with van der Waals surface area (Å²) >= 11 is 0. The van der Waals surface area contributed by atoms with Gasteiger partial charge in [-0.25, -0.2) is 0 Å². The van der Waals surface area contributed by atoms with Gasteiger partial charge in [0, 0.05) is 31.0 Å². The number of carbonyl (C=O) groups is 1. The molecule has 2 rings (SSSR count). The molecule has 0 aromatic heterocycles. The van der Waals surface area contributed by atoms with Gasteiger partial charge in [-0.05, 0) is 32.6 Å². The number of carbonyl (C=O) groups excluding carboxylic acids is 1. The van der Waals surface area contributed by atoms with Gasteiger partial charge in [-0.3, -0.25) is 4.79 Å². The van der Waals surface area contributed by atoms with Crippen molar-refractivity contribution in [1.82, 2.24) is 5.32 Å². The van der Waals surface area contributed by atoms with Crippen molar-refractivity contribution in [1.29, 1.82) is 0 Å². The second kappa shape index (κ2) is 5.15. The van der Waals surface area contributed by atoms with Gasteiger partial charge in [-0.1, -0.05) is 0 Å². The molecule has 1 saturated carbocycles. The number of amides is 1. The van der Waals surface area contributed by atoms with Crippen molar-refractivity contribution in [3.8, 4) is 0 Å². The lowest BCUT2D eigenvalue weighted by atomic mass is 9.81. The average molecular weight is 226 g/mol. The second-order valence-corrected chi connectivity index (χ2v) is 5.14. The Balaban J connectivity index is 1.85. The highest BCUT2D eigenvalue weighted by Gasteiger charge is 2.37. The highest BCUT2D eigenvalue weighted by Crippen LogP contribution is 2.34. The van der Waals surface area contributed by atoms with Gasteiger partial charge >= 0.3 is 0 Å². The van der Waals surface area contributed by atoms with Crippen LogP contribution >= 0.6 is 0 Å². The highest BCUT2D eigenvalue weighted by atomic mass is 16.5. The van der Waals surface area contributed by atoms with Crippen molar-refractivity contribution >= 4 is 5.91 Å². The van der Waals surface area contributed by atoms with Crippen LogP contribution in [-0.4, -0.2) is 30.7 Å². The fraction of sp³-hybridized carbons (Fsp3) is 0.917. The minimum atomic E-state index is -0.227. The van der Waals surface area contributed by atoms with Crippen molar-refractivity contribution in [3.05, 3.63) is 0 Å². The highest BCUT2D eigenvalue weighted by molar-refractivity contribution is 5.74. The molecule has 2 aliphatic rings. The predicted octanol–water partition coefficient (Wildman–Crippen LogP) is 0.797. The third-order valence-corrected chi connectivity index (χ3v) is 3.79. The Morgan fingerprint density at radius 2 is 2.31 bits per heavy atom. The maximum Gasteiger partial charge on any atom is 0.218 e. The van der Waals surface area contributed by atoms with Gasteiger partial charge in [0.25, 0.3) is 0 Å². The number of hydrogen-bond acceptors (Lipinski definition) is 3. The number of rotatable bonds is 4. The first-order valence-corrected chi connectivity index (χ1v) is 6.33. The zero-order valence-corrected chi connectivity index (χ0v) is 9.95. The van der Waals surface area contributed by atoms with Gasteiger partial charge in [-0.2, -0.15) is 0 Å². The number of ether oxygens (including phenoxy) is 1. The van der Waals surface area contributed by atoms with E-state index >= 15 is 0 Å². The van der Waals surface area contributed by atoms with Gasteiger partial charge in [0.15, 0.2) is 0 Å². The maximum atomic E-state index is 10.8. The summed E-state index contributed by atoms with van der Waals surface area (Å²) in [5.74, 6) is 0.416. The van der Waals surface area contributed by atoms with Gasteiger partial charge in [0.05, 0.1) is 6.10 Å². The van der Waals surface area contributed by atoms with Crippen molar-refractivity contribution in [2.24, 2.45) is 11.7 Å². The number of nitrogens with one attached hydrogen (secondary N) is 1. The van der Waals surface area contributed by atoms with E-state index in [0.29, 0.717) is 24.5 Å². The van der Waals surface area contributed by atoms with Crippen molar-refractivity contribution in [2.45, 2.75) is 57.2 Å². The molecule has 0 bridgehead atoms. The lowest BCUT2D eigenvalue weighted by molar-refractivity contribution is -0.118. The molecule has 0 radical (unpaired) electrons. The molecule has 1 amide bonds. The molecule has 0 aromatic rings. The van der Waals surface area contributed by atoms with Crippen LogP contribution in [0.15, 0.2) is 0 Å². The Morgan fingerprint density at radius 3 is 3.06 bits per heavy atom. The molecule has 92 valence electrons. The molecule has 4 atom stereocenters. The number of nitrogens with two attached hydrogens (primary N) is 1. The molecule has 0 aromatic carbocycles. The monoisotopic (exact) mass is 226 g/mol. The summed E-state index contributed by atoms with van der Waals surface area (Å²) in [5.41, 5.74) is 5.20. The van der Waals surface area contributed by atoms with Crippen molar-refractivity contribution in [2.75, 3.05) is 6.61 Å². The summed E-state index contributed by atoms with van der Waals surface area (Å²) in [4.78, 5) is 10.8. The van der Waals surface area contributed by atoms with Crippen LogP contribution in [0, 0.1) is 5.92 Å². The smallest absolute Gasteiger partial charge is 0.218 e. The van der Waals surface area contributed by atoms with E-state index in [1.807, 2.05) is 6.92 Å². The van der Waals surface area contributed by atoms with E-state index in [0.717, 1.165) is 13.0 Å². The summed E-state index contributed by atoms with van der Waals surface area (Å²) in [6.45, 7) is 2.93. The summed E-state index contributed by atoms with van der Waals surface area (Å²) in [6, 6.07) is 0.692. The minimum Gasteiger partial charge on any atom is -0.378 e. The van der Waals surface area contributed by atoms with Gasteiger partial charge in [-0.15, -0.1) is 0 Å². The van der Waals surface area contributed by atoms with Crippen LogP contribution in [0.5, 0.6) is 0 Å². The van der Waals surface area contributed by atoms with Crippen LogP contribution in [0.4, 0.5) is 0 Å². The Kier molecular flexibility index (Phi) is 3.82. The van der Waals surface area contributed by atoms with E-state index in [9.17, 15) is 4.79 Å². The fourth-order valence-electron chi connectivity index (χ4n) is 3.11. The SMILES string of the molecule is CC(CC(N)=O)NC1CCCC2OCCC12. The molecule has 0 spiro atoms. The summed E-state index contributed by atoms with van der Waals surface area (Å²) in [5, 5.41) is 3.54. The van der Waals surface area contributed by atoms with Crippen LogP contribution in [0.3, 0.4) is 0 Å². The molecule has 4 nitrogen and oxygen atoms in total. The molecule has 1 heterocycles. The summed E-state index contributed by atoms with van der Waals surface area (Å²) in [6.07, 6.45) is 5.66. The largest absolute Gasteiger partial charge is 0.378 e. The first-order valence-electron chi connectivity index (χ1n) is 6.33. The van der Waals surface area contributed by atoms with E-state index in [1.165, 1.54) is 19.3 Å². The minimum absolute atomic E-state index is 0.182. The Morgan fingerprint density at radius 1 is 1.50 bits per heavy atom. The maximum absolute atomic E-state index is 10.8. The van der Waals surface area contributed by atoms with E-state index in [1.54, 1.807) is 0 Å². The molecular weight excluding hydrogens is 204 g/mol. The summed E-state index contributed by atoms with van der Waals surface area (Å²) in [7, 11) is 0. The standard InChI is InChI=1S/C12H22N2O2/c1-8(7-12(13)15)14-10-3-2-4-11-9(10)5-6-16-11/h8-11,14H,2-7H2,1H3,(H2,13,15). The first-order chi connectivity index (χ1) is 7.66. The third-order valence-electron chi connectivity index (χ3n) is 3.79. The molecule has 1 aliphatic heterocycles. The third kappa shape index (κ3) is 2.74. The lowest BCUT2D eigenvalue weighted by Gasteiger charge is -2.35. The normalized spacial score (nSPS) is 35.7. The molecule has 16 heavy (non-hydrogen) atoms. The number of fused-ring (bicyclic) bond motifs is 1. The van der Waals surface area contributed by atoms with Gasteiger partial charge < -0.3 is 15.8 Å². The zero-order chi connectivity index (χ0) is 11.5. The quantitative estimate of drug-likeness (QED) is 0.745. The van der Waals surface area contributed by atoms with Crippen LogP contribution in [0.2, 0.25) is 0 Å². The molecular formula is C12H22N2O2. The van der Waals surface area contributed by atoms with Crippen LogP contribution in [-0.2, 0) is 9.53 Å². The molecule has 1 aliphatic carbocycles. The van der Waals surface area contributed by atoms with Crippen LogP contribution in [0.1, 0.15) is 39.0 Å². The van der Waals surface area contributed by atoms with Crippen molar-refractivity contribution < 1.29 is 9.53 Å². The lowest BCUT2D eigenvalue weighted by Crippen LogP contribution is -2.47. The van der Waals surface area contributed by atoms with Crippen molar-refractivity contribution in [3.63, 3.8) is 0 Å².